The van der Waals surface area contributed by atoms with Gasteiger partial charge in [0.25, 0.3) is 5.91 Å². The van der Waals surface area contributed by atoms with Gasteiger partial charge in [0, 0.05) is 25.4 Å². The molecule has 5 heteroatoms. The molecule has 1 unspecified atom stereocenters. The van der Waals surface area contributed by atoms with Gasteiger partial charge in [-0.05, 0) is 42.0 Å². The van der Waals surface area contributed by atoms with Crippen LogP contribution in [0.15, 0.2) is 42.7 Å². The highest BCUT2D eigenvalue weighted by Crippen LogP contribution is 2.35. The lowest BCUT2D eigenvalue weighted by Gasteiger charge is -2.30. The fourth-order valence-electron chi connectivity index (χ4n) is 3.18. The second kappa shape index (κ2) is 6.83. The molecule has 3 rings (SSSR count). The van der Waals surface area contributed by atoms with Gasteiger partial charge in [-0.25, -0.2) is 0 Å². The molecule has 2 N–H and O–H groups in total. The van der Waals surface area contributed by atoms with Crippen molar-refractivity contribution >= 4 is 17.3 Å². The van der Waals surface area contributed by atoms with Crippen LogP contribution in [0.5, 0.6) is 5.75 Å². The van der Waals surface area contributed by atoms with Gasteiger partial charge in [-0.15, -0.1) is 0 Å². The molecule has 0 saturated carbocycles. The van der Waals surface area contributed by atoms with Crippen molar-refractivity contribution < 1.29 is 9.90 Å². The first-order valence-corrected chi connectivity index (χ1v) is 8.18. The van der Waals surface area contributed by atoms with Crippen molar-refractivity contribution in [3.05, 3.63) is 53.9 Å². The summed E-state index contributed by atoms with van der Waals surface area (Å²) >= 11 is 0. The summed E-state index contributed by atoms with van der Waals surface area (Å²) < 4.78 is 0. The first kappa shape index (κ1) is 16.2. The number of phenolic OH excluding ortho intramolecular Hbond substituents is 1. The van der Waals surface area contributed by atoms with Gasteiger partial charge in [0.2, 0.25) is 0 Å². The van der Waals surface area contributed by atoms with E-state index >= 15 is 0 Å². The number of carbonyl (C=O) groups excluding carboxylic acids is 1. The van der Waals surface area contributed by atoms with Gasteiger partial charge in [0.15, 0.2) is 0 Å². The van der Waals surface area contributed by atoms with E-state index < -0.39 is 0 Å². The molecule has 0 fully saturated rings. The Kier molecular flexibility index (Phi) is 4.60. The zero-order valence-corrected chi connectivity index (χ0v) is 13.7. The fraction of sp³-hybridized carbons (Fsp3) is 0.316. The predicted octanol–water partition coefficient (Wildman–Crippen LogP) is 3.28. The number of phenols is 1. The van der Waals surface area contributed by atoms with Gasteiger partial charge >= 0.3 is 0 Å². The van der Waals surface area contributed by atoms with Crippen molar-refractivity contribution in [1.29, 1.82) is 5.41 Å². The van der Waals surface area contributed by atoms with Gasteiger partial charge in [-0.3, -0.25) is 15.2 Å². The molecule has 0 spiro atoms. The summed E-state index contributed by atoms with van der Waals surface area (Å²) in [7, 11) is 0. The number of carbonyl (C=O) groups is 1. The summed E-state index contributed by atoms with van der Waals surface area (Å²) in [4.78, 5) is 18.4. The zero-order valence-electron chi connectivity index (χ0n) is 13.7. The maximum Gasteiger partial charge on any atom is 0.272 e. The minimum Gasteiger partial charge on any atom is -0.506 e. The number of hydrogen-bond acceptors (Lipinski definition) is 4. The predicted molar refractivity (Wildman–Crippen MR) is 93.8 cm³/mol. The molecule has 0 bridgehead atoms. The highest BCUT2D eigenvalue weighted by molar-refractivity contribution is 6.42. The fourth-order valence-corrected chi connectivity index (χ4v) is 3.18. The average Bonchev–Trinajstić information content (AvgIpc) is 2.61. The van der Waals surface area contributed by atoms with Crippen LogP contribution in [0.25, 0.3) is 0 Å². The molecule has 0 saturated heterocycles. The van der Waals surface area contributed by atoms with Crippen LogP contribution < -0.4 is 4.90 Å². The largest absolute Gasteiger partial charge is 0.506 e. The zero-order chi connectivity index (χ0) is 17.1. The normalized spacial score (nSPS) is 14.8. The maximum absolute atomic E-state index is 12.8. The van der Waals surface area contributed by atoms with Crippen molar-refractivity contribution in [2.45, 2.75) is 32.1 Å². The summed E-state index contributed by atoms with van der Waals surface area (Å²) in [5, 5.41) is 18.4. The van der Waals surface area contributed by atoms with Crippen LogP contribution in [0.3, 0.4) is 0 Å². The van der Waals surface area contributed by atoms with Crippen LogP contribution >= 0.6 is 0 Å². The monoisotopic (exact) mass is 323 g/mol. The lowest BCUT2D eigenvalue weighted by atomic mass is 9.95. The second-order valence-corrected chi connectivity index (χ2v) is 6.22. The molecule has 24 heavy (non-hydrogen) atoms. The van der Waals surface area contributed by atoms with E-state index in [1.807, 2.05) is 25.1 Å². The molecule has 1 aromatic carbocycles. The third-order valence-corrected chi connectivity index (χ3v) is 4.46. The molecule has 0 radical (unpaired) electrons. The van der Waals surface area contributed by atoms with E-state index in [4.69, 9.17) is 5.41 Å². The molecule has 2 aromatic rings. The number of amides is 1. The third-order valence-electron chi connectivity index (χ3n) is 4.46. The van der Waals surface area contributed by atoms with Crippen molar-refractivity contribution in [2.75, 3.05) is 11.4 Å². The van der Waals surface area contributed by atoms with Crippen LogP contribution in [-0.4, -0.2) is 28.3 Å². The van der Waals surface area contributed by atoms with E-state index in [1.54, 1.807) is 29.4 Å². The molecule has 5 nitrogen and oxygen atoms in total. The molecule has 1 aliphatic rings. The molecule has 1 amide bonds. The molecule has 1 atom stereocenters. The van der Waals surface area contributed by atoms with E-state index in [0.717, 1.165) is 24.0 Å². The van der Waals surface area contributed by atoms with E-state index in [2.05, 4.69) is 4.98 Å². The Morgan fingerprint density at radius 3 is 2.96 bits per heavy atom. The Morgan fingerprint density at radius 2 is 2.21 bits per heavy atom. The smallest absolute Gasteiger partial charge is 0.272 e. The lowest BCUT2D eigenvalue weighted by Crippen LogP contribution is -2.40. The molecule has 2 heterocycles. The standard InChI is InChI=1S/C19H21N3O2/c1-13(15-6-3-9-21-12-15)11-16(20)19(24)22-10-4-7-14-5-2-8-17(23)18(14)22/h2-3,5-6,8-9,12-13,20,23H,4,7,10-11H2,1H3. The second-order valence-electron chi connectivity index (χ2n) is 6.22. The van der Waals surface area contributed by atoms with Gasteiger partial charge in [0.05, 0.1) is 11.4 Å². The molecule has 124 valence electrons. The Hall–Kier alpha value is -2.69. The number of aryl methyl sites for hydroxylation is 1. The molecular formula is C19H21N3O2. The SMILES string of the molecule is CC(CC(=N)C(=O)N1CCCc2cccc(O)c21)c1cccnc1. The number of benzene rings is 1. The average molecular weight is 323 g/mol. The number of hydrogen-bond donors (Lipinski definition) is 2. The summed E-state index contributed by atoms with van der Waals surface area (Å²) in [5.41, 5.74) is 2.59. The van der Waals surface area contributed by atoms with E-state index in [0.29, 0.717) is 18.7 Å². The Bertz CT molecular complexity index is 758. The van der Waals surface area contributed by atoms with Crippen molar-refractivity contribution in [3.63, 3.8) is 0 Å². The summed E-state index contributed by atoms with van der Waals surface area (Å²) in [6.45, 7) is 2.52. The van der Waals surface area contributed by atoms with Gasteiger partial charge in [-0.1, -0.05) is 25.1 Å². The van der Waals surface area contributed by atoms with Gasteiger partial charge in [-0.2, -0.15) is 0 Å². The quantitative estimate of drug-likeness (QED) is 0.848. The topological polar surface area (TPSA) is 77.3 Å². The molecule has 1 aromatic heterocycles. The van der Waals surface area contributed by atoms with E-state index in [9.17, 15) is 9.90 Å². The number of aromatic hydroxyl groups is 1. The van der Waals surface area contributed by atoms with Crippen LogP contribution in [-0.2, 0) is 11.2 Å². The Labute approximate surface area is 141 Å². The van der Waals surface area contributed by atoms with Crippen LogP contribution in [0, 0.1) is 5.41 Å². The first-order chi connectivity index (χ1) is 11.6. The lowest BCUT2D eigenvalue weighted by molar-refractivity contribution is -0.112. The number of nitrogens with one attached hydrogen (secondary N) is 1. The number of para-hydroxylation sites is 1. The van der Waals surface area contributed by atoms with Crippen molar-refractivity contribution in [1.82, 2.24) is 4.98 Å². The minimum atomic E-state index is -0.326. The van der Waals surface area contributed by atoms with Crippen LogP contribution in [0.2, 0.25) is 0 Å². The van der Waals surface area contributed by atoms with Crippen LogP contribution in [0.1, 0.15) is 36.8 Å². The Morgan fingerprint density at radius 1 is 1.38 bits per heavy atom. The molecule has 1 aliphatic heterocycles. The highest BCUT2D eigenvalue weighted by Gasteiger charge is 2.28. The van der Waals surface area contributed by atoms with Crippen LogP contribution in [0.4, 0.5) is 5.69 Å². The van der Waals surface area contributed by atoms with Gasteiger partial charge < -0.3 is 10.0 Å². The summed E-state index contributed by atoms with van der Waals surface area (Å²) in [6.07, 6.45) is 5.51. The van der Waals surface area contributed by atoms with E-state index in [1.165, 1.54) is 0 Å². The number of anilines is 1. The Balaban J connectivity index is 1.77. The van der Waals surface area contributed by atoms with Gasteiger partial charge in [0.1, 0.15) is 5.75 Å². The molecular weight excluding hydrogens is 302 g/mol. The molecule has 0 aliphatic carbocycles. The number of rotatable bonds is 4. The number of aromatic nitrogens is 1. The number of pyridine rings is 1. The summed E-state index contributed by atoms with van der Waals surface area (Å²) in [6, 6.07) is 9.12. The highest BCUT2D eigenvalue weighted by atomic mass is 16.3. The number of fused-ring (bicyclic) bond motifs is 1. The number of nitrogens with zero attached hydrogens (tertiary/aromatic N) is 2. The third kappa shape index (κ3) is 3.15. The van der Waals surface area contributed by atoms with E-state index in [-0.39, 0.29) is 23.3 Å². The van der Waals surface area contributed by atoms with Crippen molar-refractivity contribution in [3.8, 4) is 5.75 Å². The summed E-state index contributed by atoms with van der Waals surface area (Å²) in [5.74, 6) is -0.175. The minimum absolute atomic E-state index is 0.0452. The first-order valence-electron chi connectivity index (χ1n) is 8.18. The van der Waals surface area contributed by atoms with Crippen molar-refractivity contribution in [2.24, 2.45) is 0 Å². The maximum atomic E-state index is 12.8.